The lowest BCUT2D eigenvalue weighted by atomic mass is 9.75. The molecule has 1 heterocycles. The second-order valence-corrected chi connectivity index (χ2v) is 10.1. The van der Waals surface area contributed by atoms with Crippen molar-refractivity contribution in [2.45, 2.75) is 36.3 Å². The summed E-state index contributed by atoms with van der Waals surface area (Å²) in [6.45, 7) is 0. The molecule has 3 nitrogen and oxygen atoms in total. The molecular weight excluding hydrogens is 460 g/mol. The molecule has 0 atom stereocenters. The third kappa shape index (κ3) is 4.40. The number of hydrogen-bond donors (Lipinski definition) is 0. The molecule has 4 aromatic rings. The highest BCUT2D eigenvalue weighted by molar-refractivity contribution is 7.99. The predicted molar refractivity (Wildman–Crippen MR) is 140 cm³/mol. The number of aromatic nitrogens is 2. The molecular formula is C29H25ClN2OS. The molecule has 34 heavy (non-hydrogen) atoms. The minimum absolute atomic E-state index is 0.531. The summed E-state index contributed by atoms with van der Waals surface area (Å²) >= 11 is 7.67. The van der Waals surface area contributed by atoms with Crippen LogP contribution in [0.25, 0.3) is 22.4 Å². The molecule has 0 bridgehead atoms. The van der Waals surface area contributed by atoms with Crippen molar-refractivity contribution in [2.24, 2.45) is 0 Å². The van der Waals surface area contributed by atoms with E-state index < -0.39 is 5.41 Å². The smallest absolute Gasteiger partial charge is 0.188 e. The van der Waals surface area contributed by atoms with E-state index >= 15 is 0 Å². The van der Waals surface area contributed by atoms with Crippen LogP contribution in [0.5, 0.6) is 0 Å². The summed E-state index contributed by atoms with van der Waals surface area (Å²) in [5.74, 6) is 0.950. The number of benzene rings is 3. The fourth-order valence-electron chi connectivity index (χ4n) is 4.85. The number of nitrogens with zero attached hydrogens (tertiary/aromatic N) is 2. The number of carbonyl (C=O) groups is 1. The number of rotatable bonds is 9. The Kier molecular flexibility index (Phi) is 6.80. The molecule has 0 unspecified atom stereocenters. The van der Waals surface area contributed by atoms with Crippen molar-refractivity contribution >= 4 is 29.6 Å². The zero-order valence-electron chi connectivity index (χ0n) is 18.8. The van der Waals surface area contributed by atoms with Gasteiger partial charge in [-0.25, -0.2) is 9.97 Å². The van der Waals surface area contributed by atoms with Crippen LogP contribution < -0.4 is 0 Å². The predicted octanol–water partition coefficient (Wildman–Crippen LogP) is 7.62. The Morgan fingerprint density at radius 3 is 2.18 bits per heavy atom. The van der Waals surface area contributed by atoms with Crippen molar-refractivity contribution in [3.8, 4) is 22.4 Å². The molecule has 1 aliphatic rings. The summed E-state index contributed by atoms with van der Waals surface area (Å²) < 4.78 is 0. The Morgan fingerprint density at radius 2 is 1.50 bits per heavy atom. The molecule has 0 spiro atoms. The monoisotopic (exact) mass is 484 g/mol. The lowest BCUT2D eigenvalue weighted by Gasteiger charge is -2.25. The minimum atomic E-state index is -0.531. The van der Waals surface area contributed by atoms with Gasteiger partial charge in [-0.1, -0.05) is 96.9 Å². The average Bonchev–Trinajstić information content (AvgIpc) is 3.17. The maximum Gasteiger partial charge on any atom is 0.188 e. The van der Waals surface area contributed by atoms with E-state index in [2.05, 4.69) is 41.4 Å². The molecule has 1 aliphatic carbocycles. The van der Waals surface area contributed by atoms with Crippen molar-refractivity contribution in [1.82, 2.24) is 9.97 Å². The van der Waals surface area contributed by atoms with Gasteiger partial charge in [0, 0.05) is 22.5 Å². The second kappa shape index (κ2) is 10.1. The van der Waals surface area contributed by atoms with Gasteiger partial charge in [-0.3, -0.25) is 0 Å². The van der Waals surface area contributed by atoms with E-state index in [9.17, 15) is 4.79 Å². The average molecular weight is 485 g/mol. The van der Waals surface area contributed by atoms with E-state index in [1.165, 1.54) is 17.4 Å². The molecule has 170 valence electrons. The molecule has 0 saturated carbocycles. The van der Waals surface area contributed by atoms with Gasteiger partial charge >= 0.3 is 0 Å². The Hall–Kier alpha value is -2.95. The first-order valence-corrected chi connectivity index (χ1v) is 13.0. The van der Waals surface area contributed by atoms with Gasteiger partial charge in [0.2, 0.25) is 0 Å². The SMILES string of the molecule is O=CC1(CCCCCSc2nccc(-c3ccc(Cl)cc3)n2)c2ccccc2-c2ccccc21. The van der Waals surface area contributed by atoms with Crippen LogP contribution >= 0.6 is 23.4 Å². The standard InChI is InChI=1S/C29H25ClN2OS/c30-22-14-12-21(13-15-22)27-16-18-31-28(32-27)34-19-7-1-6-17-29(20-33)25-10-4-2-8-23(25)24-9-3-5-11-26(24)29/h2-5,8-16,18,20H,1,6-7,17,19H2. The van der Waals surface area contributed by atoms with Gasteiger partial charge in [-0.2, -0.15) is 0 Å². The van der Waals surface area contributed by atoms with Gasteiger partial charge in [0.15, 0.2) is 5.16 Å². The molecule has 0 amide bonds. The number of halogens is 1. The Balaban J connectivity index is 1.18. The largest absolute Gasteiger partial charge is 0.302 e. The second-order valence-electron chi connectivity index (χ2n) is 8.57. The molecule has 0 fully saturated rings. The highest BCUT2D eigenvalue weighted by Crippen LogP contribution is 2.50. The van der Waals surface area contributed by atoms with Crippen LogP contribution in [0.3, 0.4) is 0 Å². The summed E-state index contributed by atoms with van der Waals surface area (Å²) in [5, 5.41) is 1.50. The van der Waals surface area contributed by atoms with Gasteiger partial charge in [-0.05, 0) is 53.3 Å². The molecule has 0 saturated heterocycles. The zero-order valence-corrected chi connectivity index (χ0v) is 20.4. The lowest BCUT2D eigenvalue weighted by Crippen LogP contribution is -2.27. The first-order valence-electron chi connectivity index (χ1n) is 11.6. The number of hydrogen-bond acceptors (Lipinski definition) is 4. The van der Waals surface area contributed by atoms with Crippen molar-refractivity contribution < 1.29 is 4.79 Å². The molecule has 0 radical (unpaired) electrons. The normalized spacial score (nSPS) is 13.3. The summed E-state index contributed by atoms with van der Waals surface area (Å²) in [7, 11) is 0. The Bertz CT molecular complexity index is 1260. The quantitative estimate of drug-likeness (QED) is 0.106. The van der Waals surface area contributed by atoms with Crippen molar-refractivity contribution in [3.05, 3.63) is 101 Å². The third-order valence-corrected chi connectivity index (χ3v) is 7.73. The van der Waals surface area contributed by atoms with Crippen LogP contribution in [0.1, 0.15) is 36.8 Å². The van der Waals surface area contributed by atoms with Gasteiger partial charge in [0.1, 0.15) is 6.29 Å². The van der Waals surface area contributed by atoms with E-state index in [0.29, 0.717) is 5.02 Å². The van der Waals surface area contributed by atoms with Crippen molar-refractivity contribution in [1.29, 1.82) is 0 Å². The molecule has 5 rings (SSSR count). The van der Waals surface area contributed by atoms with E-state index in [1.54, 1.807) is 11.8 Å². The van der Waals surface area contributed by atoms with Crippen LogP contribution in [0.4, 0.5) is 0 Å². The number of fused-ring (bicyclic) bond motifs is 3. The van der Waals surface area contributed by atoms with Crippen LogP contribution in [0, 0.1) is 0 Å². The van der Waals surface area contributed by atoms with Crippen LogP contribution in [-0.4, -0.2) is 22.0 Å². The maximum absolute atomic E-state index is 12.5. The van der Waals surface area contributed by atoms with Crippen molar-refractivity contribution in [3.63, 3.8) is 0 Å². The molecule has 0 N–H and O–H groups in total. The lowest BCUT2D eigenvalue weighted by molar-refractivity contribution is -0.111. The molecule has 0 aliphatic heterocycles. The third-order valence-electron chi connectivity index (χ3n) is 6.53. The first-order chi connectivity index (χ1) is 16.7. The zero-order chi connectivity index (χ0) is 23.4. The van der Waals surface area contributed by atoms with E-state index in [1.807, 2.05) is 48.7 Å². The number of thioether (sulfide) groups is 1. The molecule has 3 aromatic carbocycles. The van der Waals surface area contributed by atoms with E-state index in [-0.39, 0.29) is 0 Å². The van der Waals surface area contributed by atoms with Gasteiger partial charge in [0.25, 0.3) is 0 Å². The maximum atomic E-state index is 12.5. The van der Waals surface area contributed by atoms with Crippen LogP contribution in [0.2, 0.25) is 5.02 Å². The summed E-state index contributed by atoms with van der Waals surface area (Å²) in [4.78, 5) is 21.6. The molecule has 5 heteroatoms. The first kappa shape index (κ1) is 22.8. The summed E-state index contributed by atoms with van der Waals surface area (Å²) in [6.07, 6.45) is 6.91. The van der Waals surface area contributed by atoms with Gasteiger partial charge < -0.3 is 4.79 Å². The highest BCUT2D eigenvalue weighted by atomic mass is 35.5. The Labute approximate surface area is 209 Å². The van der Waals surface area contributed by atoms with Crippen LogP contribution in [-0.2, 0) is 10.2 Å². The number of unbranched alkanes of at least 4 members (excludes halogenated alkanes) is 2. The van der Waals surface area contributed by atoms with Crippen LogP contribution in [0.15, 0.2) is 90.2 Å². The topological polar surface area (TPSA) is 42.9 Å². The summed E-state index contributed by atoms with van der Waals surface area (Å²) in [5.41, 5.74) is 6.08. The minimum Gasteiger partial charge on any atom is -0.302 e. The van der Waals surface area contributed by atoms with Crippen molar-refractivity contribution in [2.75, 3.05) is 5.75 Å². The van der Waals surface area contributed by atoms with Gasteiger partial charge in [-0.15, -0.1) is 0 Å². The van der Waals surface area contributed by atoms with E-state index in [4.69, 9.17) is 16.6 Å². The summed E-state index contributed by atoms with van der Waals surface area (Å²) in [6, 6.07) is 26.3. The fourth-order valence-corrected chi connectivity index (χ4v) is 5.81. The highest BCUT2D eigenvalue weighted by Gasteiger charge is 2.42. The Morgan fingerprint density at radius 1 is 0.824 bits per heavy atom. The number of aldehydes is 1. The molecule has 1 aromatic heterocycles. The van der Waals surface area contributed by atoms with Gasteiger partial charge in [0.05, 0.1) is 11.1 Å². The number of carbonyl (C=O) groups excluding carboxylic acids is 1. The fraction of sp³-hybridized carbons (Fsp3) is 0.207. The van der Waals surface area contributed by atoms with E-state index in [0.717, 1.165) is 59.0 Å².